The fourth-order valence-electron chi connectivity index (χ4n) is 3.58. The number of hydrogen-bond acceptors (Lipinski definition) is 2. The zero-order valence-corrected chi connectivity index (χ0v) is 13.3. The first-order valence-electron chi connectivity index (χ1n) is 8.24. The molecule has 1 saturated heterocycles. The highest BCUT2D eigenvalue weighted by molar-refractivity contribution is 5.67. The SMILES string of the molecule is CC1CCCN1Cc1cccc(-c2ccc3c(=O)[nH]ccn23)c1. The van der Waals surface area contributed by atoms with Crippen molar-refractivity contribution in [2.45, 2.75) is 32.4 Å². The molecule has 1 fully saturated rings. The molecule has 3 aromatic rings. The summed E-state index contributed by atoms with van der Waals surface area (Å²) in [6, 6.07) is 13.2. The van der Waals surface area contributed by atoms with Gasteiger partial charge in [-0.05, 0) is 55.6 Å². The summed E-state index contributed by atoms with van der Waals surface area (Å²) in [5.41, 5.74) is 4.17. The van der Waals surface area contributed by atoms with Crippen LogP contribution in [0.1, 0.15) is 25.3 Å². The van der Waals surface area contributed by atoms with Crippen molar-refractivity contribution in [2.24, 2.45) is 0 Å². The van der Waals surface area contributed by atoms with Crippen LogP contribution < -0.4 is 5.56 Å². The van der Waals surface area contributed by atoms with Gasteiger partial charge >= 0.3 is 0 Å². The lowest BCUT2D eigenvalue weighted by Crippen LogP contribution is -2.26. The number of fused-ring (bicyclic) bond motifs is 1. The van der Waals surface area contributed by atoms with Crippen LogP contribution in [0.15, 0.2) is 53.6 Å². The summed E-state index contributed by atoms with van der Waals surface area (Å²) in [5.74, 6) is 0. The highest BCUT2D eigenvalue weighted by atomic mass is 16.1. The van der Waals surface area contributed by atoms with Crippen LogP contribution in [0.2, 0.25) is 0 Å². The van der Waals surface area contributed by atoms with Crippen LogP contribution in [0.4, 0.5) is 0 Å². The van der Waals surface area contributed by atoms with Crippen molar-refractivity contribution in [1.82, 2.24) is 14.3 Å². The van der Waals surface area contributed by atoms with Gasteiger partial charge in [0.25, 0.3) is 5.56 Å². The van der Waals surface area contributed by atoms with E-state index >= 15 is 0 Å². The highest BCUT2D eigenvalue weighted by Crippen LogP contribution is 2.24. The van der Waals surface area contributed by atoms with Gasteiger partial charge in [0.05, 0.1) is 5.69 Å². The second kappa shape index (κ2) is 5.70. The summed E-state index contributed by atoms with van der Waals surface area (Å²) in [7, 11) is 0. The summed E-state index contributed by atoms with van der Waals surface area (Å²) in [4.78, 5) is 17.1. The monoisotopic (exact) mass is 307 g/mol. The van der Waals surface area contributed by atoms with Gasteiger partial charge in [0.2, 0.25) is 0 Å². The normalized spacial score (nSPS) is 18.7. The van der Waals surface area contributed by atoms with Crippen LogP contribution in [0.25, 0.3) is 16.8 Å². The van der Waals surface area contributed by atoms with Crippen molar-refractivity contribution in [3.05, 3.63) is 64.7 Å². The van der Waals surface area contributed by atoms with E-state index < -0.39 is 0 Å². The number of aromatic nitrogens is 2. The van der Waals surface area contributed by atoms with Crippen molar-refractivity contribution in [2.75, 3.05) is 6.54 Å². The average molecular weight is 307 g/mol. The number of H-pyrrole nitrogens is 1. The maximum Gasteiger partial charge on any atom is 0.272 e. The predicted molar refractivity (Wildman–Crippen MR) is 92.6 cm³/mol. The third-order valence-electron chi connectivity index (χ3n) is 4.89. The van der Waals surface area contributed by atoms with E-state index in [0.717, 1.165) is 17.8 Å². The first-order chi connectivity index (χ1) is 11.2. The molecule has 0 radical (unpaired) electrons. The molecule has 118 valence electrons. The van der Waals surface area contributed by atoms with E-state index in [2.05, 4.69) is 41.1 Å². The minimum absolute atomic E-state index is 0.0548. The molecular weight excluding hydrogens is 286 g/mol. The van der Waals surface area contributed by atoms with E-state index in [1.165, 1.54) is 24.9 Å². The highest BCUT2D eigenvalue weighted by Gasteiger charge is 2.20. The van der Waals surface area contributed by atoms with Gasteiger partial charge in [-0.15, -0.1) is 0 Å². The summed E-state index contributed by atoms with van der Waals surface area (Å²) >= 11 is 0. The maximum atomic E-state index is 11.9. The average Bonchev–Trinajstić information content (AvgIpc) is 3.15. The van der Waals surface area contributed by atoms with E-state index in [-0.39, 0.29) is 5.56 Å². The number of nitrogens with zero attached hydrogens (tertiary/aromatic N) is 2. The zero-order chi connectivity index (χ0) is 15.8. The van der Waals surface area contributed by atoms with Crippen LogP contribution >= 0.6 is 0 Å². The minimum Gasteiger partial charge on any atom is -0.326 e. The minimum atomic E-state index is -0.0548. The molecule has 4 rings (SSSR count). The van der Waals surface area contributed by atoms with Crippen molar-refractivity contribution >= 4 is 5.52 Å². The molecule has 1 aromatic carbocycles. The molecule has 23 heavy (non-hydrogen) atoms. The van der Waals surface area contributed by atoms with Crippen LogP contribution in [0.5, 0.6) is 0 Å². The van der Waals surface area contributed by atoms with Crippen molar-refractivity contribution < 1.29 is 0 Å². The molecule has 4 nitrogen and oxygen atoms in total. The van der Waals surface area contributed by atoms with E-state index in [4.69, 9.17) is 0 Å². The number of likely N-dealkylation sites (tertiary alicyclic amines) is 1. The summed E-state index contributed by atoms with van der Waals surface area (Å²) < 4.78 is 1.95. The Morgan fingerprint density at radius 2 is 2.17 bits per heavy atom. The molecule has 1 atom stereocenters. The number of nitrogens with one attached hydrogen (secondary N) is 1. The molecular formula is C19H21N3O. The predicted octanol–water partition coefficient (Wildman–Crippen LogP) is 3.28. The second-order valence-corrected chi connectivity index (χ2v) is 6.43. The van der Waals surface area contributed by atoms with E-state index in [9.17, 15) is 4.79 Å². The first kappa shape index (κ1) is 14.3. The van der Waals surface area contributed by atoms with Crippen LogP contribution in [-0.2, 0) is 6.54 Å². The molecule has 1 N–H and O–H groups in total. The molecule has 0 amide bonds. The Kier molecular flexibility index (Phi) is 3.54. The van der Waals surface area contributed by atoms with Crippen molar-refractivity contribution in [3.63, 3.8) is 0 Å². The Balaban J connectivity index is 1.70. The summed E-state index contributed by atoms with van der Waals surface area (Å²) in [6.45, 7) is 4.50. The summed E-state index contributed by atoms with van der Waals surface area (Å²) in [5, 5.41) is 0. The van der Waals surface area contributed by atoms with Gasteiger partial charge in [-0.1, -0.05) is 18.2 Å². The number of rotatable bonds is 3. The molecule has 1 aliphatic heterocycles. The van der Waals surface area contributed by atoms with Gasteiger partial charge < -0.3 is 9.38 Å². The molecule has 1 aliphatic rings. The van der Waals surface area contributed by atoms with Crippen LogP contribution in [0, 0.1) is 0 Å². The molecule has 3 heterocycles. The Morgan fingerprint density at radius 3 is 3.00 bits per heavy atom. The fourth-order valence-corrected chi connectivity index (χ4v) is 3.58. The zero-order valence-electron chi connectivity index (χ0n) is 13.3. The lowest BCUT2D eigenvalue weighted by molar-refractivity contribution is 0.260. The Labute approximate surface area is 135 Å². The molecule has 4 heteroatoms. The fraction of sp³-hybridized carbons (Fsp3) is 0.316. The van der Waals surface area contributed by atoms with Gasteiger partial charge in [0.15, 0.2) is 0 Å². The van der Waals surface area contributed by atoms with Crippen LogP contribution in [-0.4, -0.2) is 26.9 Å². The number of hydrogen-bond donors (Lipinski definition) is 1. The van der Waals surface area contributed by atoms with E-state index in [1.54, 1.807) is 6.20 Å². The summed E-state index contributed by atoms with van der Waals surface area (Å²) in [6.07, 6.45) is 6.19. The third kappa shape index (κ3) is 2.59. The molecule has 2 aromatic heterocycles. The second-order valence-electron chi connectivity index (χ2n) is 6.43. The Morgan fingerprint density at radius 1 is 1.26 bits per heavy atom. The largest absolute Gasteiger partial charge is 0.326 e. The lowest BCUT2D eigenvalue weighted by atomic mass is 10.1. The number of aromatic amines is 1. The quantitative estimate of drug-likeness (QED) is 0.806. The first-order valence-corrected chi connectivity index (χ1v) is 8.24. The van der Waals surface area contributed by atoms with Crippen molar-refractivity contribution in [1.29, 1.82) is 0 Å². The van der Waals surface area contributed by atoms with E-state index in [1.807, 2.05) is 22.7 Å². The topological polar surface area (TPSA) is 40.5 Å². The smallest absolute Gasteiger partial charge is 0.272 e. The number of benzene rings is 1. The molecule has 1 unspecified atom stereocenters. The molecule has 0 bridgehead atoms. The van der Waals surface area contributed by atoms with Gasteiger partial charge in [0, 0.05) is 25.0 Å². The van der Waals surface area contributed by atoms with E-state index in [0.29, 0.717) is 11.6 Å². The lowest BCUT2D eigenvalue weighted by Gasteiger charge is -2.21. The molecule has 0 spiro atoms. The molecule has 0 saturated carbocycles. The van der Waals surface area contributed by atoms with Crippen molar-refractivity contribution in [3.8, 4) is 11.3 Å². The van der Waals surface area contributed by atoms with Gasteiger partial charge in [-0.25, -0.2) is 0 Å². The molecule has 0 aliphatic carbocycles. The Hall–Kier alpha value is -2.33. The van der Waals surface area contributed by atoms with Crippen LogP contribution in [0.3, 0.4) is 0 Å². The standard InChI is InChI=1S/C19H21N3O/c1-14-4-3-10-21(14)13-15-5-2-6-16(12-15)17-7-8-18-19(23)20-9-11-22(17)18/h2,5-9,11-12,14H,3-4,10,13H2,1H3,(H,20,23). The van der Waals surface area contributed by atoms with Gasteiger partial charge in [-0.2, -0.15) is 0 Å². The Bertz CT molecular complexity index is 893. The maximum absolute atomic E-state index is 11.9. The van der Waals surface area contributed by atoms with Gasteiger partial charge in [-0.3, -0.25) is 9.69 Å². The van der Waals surface area contributed by atoms with Gasteiger partial charge in [0.1, 0.15) is 5.52 Å². The third-order valence-corrected chi connectivity index (χ3v) is 4.89.